The van der Waals surface area contributed by atoms with Gasteiger partial charge in [0.25, 0.3) is 0 Å². The first-order valence-electron chi connectivity index (χ1n) is 5.61. The molecule has 0 aromatic carbocycles. The van der Waals surface area contributed by atoms with Gasteiger partial charge in [-0.05, 0) is 33.8 Å². The van der Waals surface area contributed by atoms with Crippen molar-refractivity contribution in [1.29, 1.82) is 0 Å². The van der Waals surface area contributed by atoms with Crippen molar-refractivity contribution in [2.24, 2.45) is 0 Å². The normalized spacial score (nSPS) is 11.7. The lowest BCUT2D eigenvalue weighted by molar-refractivity contribution is -0.141. The molecule has 5 heteroatoms. The summed E-state index contributed by atoms with van der Waals surface area (Å²) in [6, 6.07) is 1.71. The van der Waals surface area contributed by atoms with E-state index < -0.39 is 11.9 Å². The molecule has 1 aromatic heterocycles. The molecule has 0 aliphatic carbocycles. The van der Waals surface area contributed by atoms with Gasteiger partial charge in [-0.15, -0.1) is 0 Å². The van der Waals surface area contributed by atoms with Gasteiger partial charge in [-0.25, -0.2) is 4.98 Å². The van der Waals surface area contributed by atoms with Crippen LogP contribution in [0.25, 0.3) is 0 Å². The second kappa shape index (κ2) is 4.94. The van der Waals surface area contributed by atoms with Crippen molar-refractivity contribution in [2.45, 2.75) is 33.9 Å². The lowest BCUT2D eigenvalue weighted by Gasteiger charge is -2.25. The topological polar surface area (TPSA) is 16.1 Å². The first-order chi connectivity index (χ1) is 7.81. The molecule has 1 heterocycles. The van der Waals surface area contributed by atoms with Gasteiger partial charge in [0.1, 0.15) is 5.69 Å². The third-order valence-electron chi connectivity index (χ3n) is 2.75. The number of hydrogen-bond acceptors (Lipinski definition) is 2. The lowest BCUT2D eigenvalue weighted by atomic mass is 10.1. The standard InChI is InChI=1S/C12H17F3N2/c1-5-17(6-2)10-7-8(3)16-11(9(10)4)12(13,14)15/h7H,5-6H2,1-4H3. The summed E-state index contributed by atoms with van der Waals surface area (Å²) in [5, 5.41) is 0. The molecule has 0 aliphatic heterocycles. The minimum absolute atomic E-state index is 0.201. The first-order valence-corrected chi connectivity index (χ1v) is 5.61. The molecule has 0 atom stereocenters. The molecular weight excluding hydrogens is 229 g/mol. The fraction of sp³-hybridized carbons (Fsp3) is 0.583. The van der Waals surface area contributed by atoms with E-state index >= 15 is 0 Å². The number of alkyl halides is 3. The number of halogens is 3. The molecule has 0 radical (unpaired) electrons. The van der Waals surface area contributed by atoms with Crippen molar-refractivity contribution in [3.8, 4) is 0 Å². The molecule has 0 unspecified atom stereocenters. The molecule has 0 fully saturated rings. The minimum Gasteiger partial charge on any atom is -0.372 e. The molecule has 0 saturated carbocycles. The van der Waals surface area contributed by atoms with Gasteiger partial charge in [-0.1, -0.05) is 0 Å². The highest BCUT2D eigenvalue weighted by Crippen LogP contribution is 2.34. The smallest absolute Gasteiger partial charge is 0.372 e. The summed E-state index contributed by atoms with van der Waals surface area (Å²) in [6.45, 7) is 8.26. The number of pyridine rings is 1. The molecule has 0 amide bonds. The molecule has 0 saturated heterocycles. The number of aryl methyl sites for hydroxylation is 1. The number of nitrogens with zero attached hydrogens (tertiary/aromatic N) is 2. The highest BCUT2D eigenvalue weighted by molar-refractivity contribution is 5.56. The maximum absolute atomic E-state index is 12.8. The van der Waals surface area contributed by atoms with Crippen LogP contribution in [0.5, 0.6) is 0 Å². The number of rotatable bonds is 3. The molecule has 1 aromatic rings. The van der Waals surface area contributed by atoms with Crippen LogP contribution in [-0.2, 0) is 6.18 Å². The molecule has 0 bridgehead atoms. The van der Waals surface area contributed by atoms with Crippen molar-refractivity contribution in [1.82, 2.24) is 4.98 Å². The maximum atomic E-state index is 12.8. The summed E-state index contributed by atoms with van der Waals surface area (Å²) in [5.74, 6) is 0. The molecular formula is C12H17F3N2. The predicted molar refractivity (Wildman–Crippen MR) is 62.3 cm³/mol. The van der Waals surface area contributed by atoms with Gasteiger partial charge >= 0.3 is 6.18 Å². The Balaban J connectivity index is 3.38. The Labute approximate surface area is 99.5 Å². The van der Waals surface area contributed by atoms with Crippen molar-refractivity contribution in [3.05, 3.63) is 23.0 Å². The predicted octanol–water partition coefficient (Wildman–Crippen LogP) is 3.56. The Kier molecular flexibility index (Phi) is 4.01. The molecule has 1 rings (SSSR count). The van der Waals surface area contributed by atoms with Crippen LogP contribution in [0.2, 0.25) is 0 Å². The highest BCUT2D eigenvalue weighted by atomic mass is 19.4. The van der Waals surface area contributed by atoms with Crippen molar-refractivity contribution in [2.75, 3.05) is 18.0 Å². The Morgan fingerprint density at radius 3 is 2.12 bits per heavy atom. The van der Waals surface area contributed by atoms with Crippen LogP contribution in [0.15, 0.2) is 6.07 Å². The summed E-state index contributed by atoms with van der Waals surface area (Å²) in [5.41, 5.74) is 0.436. The Hall–Kier alpha value is -1.26. The van der Waals surface area contributed by atoms with Crippen LogP contribution in [0.1, 0.15) is 30.8 Å². The second-order valence-corrected chi connectivity index (χ2v) is 3.93. The van der Waals surface area contributed by atoms with Crippen molar-refractivity contribution < 1.29 is 13.2 Å². The highest BCUT2D eigenvalue weighted by Gasteiger charge is 2.35. The van der Waals surface area contributed by atoms with Gasteiger partial charge in [-0.2, -0.15) is 13.2 Å². The largest absolute Gasteiger partial charge is 0.433 e. The van der Waals surface area contributed by atoms with Gasteiger partial charge in [0.2, 0.25) is 0 Å². The molecule has 17 heavy (non-hydrogen) atoms. The second-order valence-electron chi connectivity index (χ2n) is 3.93. The van der Waals surface area contributed by atoms with Crippen LogP contribution >= 0.6 is 0 Å². The zero-order chi connectivity index (χ0) is 13.2. The summed E-state index contributed by atoms with van der Waals surface area (Å²) in [7, 11) is 0. The van der Waals surface area contributed by atoms with E-state index in [-0.39, 0.29) is 5.56 Å². The van der Waals surface area contributed by atoms with E-state index in [0.717, 1.165) is 0 Å². The summed E-state index contributed by atoms with van der Waals surface area (Å²) in [4.78, 5) is 5.51. The van der Waals surface area contributed by atoms with Crippen LogP contribution in [-0.4, -0.2) is 18.1 Å². The van der Waals surface area contributed by atoms with E-state index in [4.69, 9.17) is 0 Å². The zero-order valence-corrected chi connectivity index (χ0v) is 10.5. The van der Waals surface area contributed by atoms with Gasteiger partial charge in [0.05, 0.1) is 0 Å². The third-order valence-corrected chi connectivity index (χ3v) is 2.75. The van der Waals surface area contributed by atoms with Gasteiger partial charge < -0.3 is 4.90 Å². The number of hydrogen-bond donors (Lipinski definition) is 0. The lowest BCUT2D eigenvalue weighted by Crippen LogP contribution is -2.24. The molecule has 2 nitrogen and oxygen atoms in total. The number of aromatic nitrogens is 1. The van der Waals surface area contributed by atoms with E-state index in [1.165, 1.54) is 6.92 Å². The van der Waals surface area contributed by atoms with Crippen LogP contribution < -0.4 is 4.90 Å². The van der Waals surface area contributed by atoms with E-state index in [2.05, 4.69) is 4.98 Å². The molecule has 0 N–H and O–H groups in total. The number of anilines is 1. The Morgan fingerprint density at radius 1 is 1.18 bits per heavy atom. The molecule has 0 spiro atoms. The zero-order valence-electron chi connectivity index (χ0n) is 10.5. The fourth-order valence-electron chi connectivity index (χ4n) is 1.89. The van der Waals surface area contributed by atoms with Gasteiger partial charge in [0.15, 0.2) is 0 Å². The van der Waals surface area contributed by atoms with Crippen molar-refractivity contribution >= 4 is 5.69 Å². The Morgan fingerprint density at radius 2 is 1.71 bits per heavy atom. The average molecular weight is 246 g/mol. The average Bonchev–Trinajstić information content (AvgIpc) is 2.22. The monoisotopic (exact) mass is 246 g/mol. The van der Waals surface area contributed by atoms with Crippen LogP contribution in [0, 0.1) is 13.8 Å². The van der Waals surface area contributed by atoms with Gasteiger partial charge in [0, 0.05) is 30.0 Å². The Bertz CT molecular complexity index is 395. The van der Waals surface area contributed by atoms with Crippen LogP contribution in [0.3, 0.4) is 0 Å². The molecule has 0 aliphatic rings. The van der Waals surface area contributed by atoms with E-state index in [0.29, 0.717) is 24.5 Å². The first kappa shape index (κ1) is 13.8. The van der Waals surface area contributed by atoms with Crippen LogP contribution in [0.4, 0.5) is 18.9 Å². The van der Waals surface area contributed by atoms with E-state index in [9.17, 15) is 13.2 Å². The fourth-order valence-corrected chi connectivity index (χ4v) is 1.89. The molecule has 96 valence electrons. The van der Waals surface area contributed by atoms with Gasteiger partial charge in [-0.3, -0.25) is 0 Å². The summed E-state index contributed by atoms with van der Waals surface area (Å²) in [6.07, 6.45) is -4.39. The van der Waals surface area contributed by atoms with Crippen molar-refractivity contribution in [3.63, 3.8) is 0 Å². The van der Waals surface area contributed by atoms with E-state index in [1.54, 1.807) is 13.0 Å². The summed E-state index contributed by atoms with van der Waals surface area (Å²) >= 11 is 0. The maximum Gasteiger partial charge on any atom is 0.433 e. The SMILES string of the molecule is CCN(CC)c1cc(C)nc(C(F)(F)F)c1C. The quantitative estimate of drug-likeness (QED) is 0.810. The summed E-state index contributed by atoms with van der Waals surface area (Å²) < 4.78 is 38.4. The third kappa shape index (κ3) is 2.90. The van der Waals surface area contributed by atoms with E-state index in [1.807, 2.05) is 18.7 Å². The minimum atomic E-state index is -4.39.